The Labute approximate surface area is 143 Å². The van der Waals surface area contributed by atoms with Gasteiger partial charge in [0, 0.05) is 12.6 Å². The number of carbonyl (C=O) groups is 2. The summed E-state index contributed by atoms with van der Waals surface area (Å²) in [5.74, 6) is -0.876. The van der Waals surface area contributed by atoms with Crippen molar-refractivity contribution in [3.05, 3.63) is 30.3 Å². The molecule has 0 bridgehead atoms. The predicted molar refractivity (Wildman–Crippen MR) is 85.6 cm³/mol. The zero-order valence-electron chi connectivity index (χ0n) is 13.3. The average molecular weight is 353 g/mol. The van der Waals surface area contributed by atoms with Crippen LogP contribution in [0.5, 0.6) is 0 Å². The number of hydrogen-bond donors (Lipinski definition) is 5. The Bertz CT molecular complexity index is 637. The van der Waals surface area contributed by atoms with E-state index in [4.69, 9.17) is 4.74 Å². The summed E-state index contributed by atoms with van der Waals surface area (Å²) in [7, 11) is 0. The molecule has 0 spiro atoms. The van der Waals surface area contributed by atoms with Gasteiger partial charge in [0.25, 0.3) is 5.90 Å². The molecule has 10 nitrogen and oxygen atoms in total. The molecule has 0 saturated carbocycles. The van der Waals surface area contributed by atoms with E-state index < -0.39 is 43.0 Å². The predicted octanol–water partition coefficient (Wildman–Crippen LogP) is -0.834. The van der Waals surface area contributed by atoms with Crippen LogP contribution < -0.4 is 10.6 Å². The maximum atomic E-state index is 11.7. The summed E-state index contributed by atoms with van der Waals surface area (Å²) in [4.78, 5) is 27.7. The van der Waals surface area contributed by atoms with Gasteiger partial charge in [0.1, 0.15) is 18.2 Å². The number of nitrogens with one attached hydrogen (secondary N) is 2. The van der Waals surface area contributed by atoms with Gasteiger partial charge in [0.15, 0.2) is 6.10 Å². The Kier molecular flexibility index (Phi) is 6.28. The van der Waals surface area contributed by atoms with Gasteiger partial charge >= 0.3 is 6.09 Å². The standard InChI is InChI=1S/C15H19N3O7/c1-8(20)16-11-13(22)12(21)10(7-19)24-14(11)18-25-15(23)17-9-5-3-2-4-6-9/h2-6,10-13,19,21-22H,7H2,1H3,(H,16,20)(H,17,23)/b18-14+/t10-,11-,12-,13+/m0/s1. The molecule has 1 aromatic carbocycles. The molecule has 1 aromatic rings. The Hall–Kier alpha value is -2.69. The number of aliphatic hydroxyl groups is 3. The van der Waals surface area contributed by atoms with Crippen LogP contribution in [0, 0.1) is 0 Å². The molecule has 5 N–H and O–H groups in total. The number of amides is 2. The van der Waals surface area contributed by atoms with Crippen molar-refractivity contribution in [2.24, 2.45) is 5.16 Å². The highest BCUT2D eigenvalue weighted by Crippen LogP contribution is 2.18. The van der Waals surface area contributed by atoms with Crippen molar-refractivity contribution < 1.29 is 34.5 Å². The minimum Gasteiger partial charge on any atom is -0.468 e. The highest BCUT2D eigenvalue weighted by atomic mass is 16.7. The minimum atomic E-state index is -1.51. The molecule has 0 aliphatic carbocycles. The number of hydrogen-bond acceptors (Lipinski definition) is 8. The molecule has 1 saturated heterocycles. The fourth-order valence-electron chi connectivity index (χ4n) is 2.20. The molecule has 136 valence electrons. The molecule has 1 aliphatic heterocycles. The zero-order valence-corrected chi connectivity index (χ0v) is 13.3. The van der Waals surface area contributed by atoms with Crippen LogP contribution >= 0.6 is 0 Å². The second kappa shape index (κ2) is 8.42. The number of ether oxygens (including phenoxy) is 1. The summed E-state index contributed by atoms with van der Waals surface area (Å²) in [5, 5.41) is 37.3. The third-order valence-corrected chi connectivity index (χ3v) is 3.39. The number of carbonyl (C=O) groups excluding carboxylic acids is 2. The van der Waals surface area contributed by atoms with E-state index in [1.54, 1.807) is 30.3 Å². The van der Waals surface area contributed by atoms with Crippen molar-refractivity contribution in [3.8, 4) is 0 Å². The van der Waals surface area contributed by atoms with Crippen molar-refractivity contribution in [1.82, 2.24) is 5.32 Å². The summed E-state index contributed by atoms with van der Waals surface area (Å²) in [6.45, 7) is 0.581. The first-order valence-corrected chi connectivity index (χ1v) is 7.44. The van der Waals surface area contributed by atoms with E-state index in [9.17, 15) is 24.9 Å². The number of anilines is 1. The summed E-state index contributed by atoms with van der Waals surface area (Å²) < 4.78 is 5.20. The lowest BCUT2D eigenvalue weighted by atomic mass is 9.97. The summed E-state index contributed by atoms with van der Waals surface area (Å²) in [6.07, 6.45) is -5.07. The lowest BCUT2D eigenvalue weighted by Crippen LogP contribution is -2.62. The normalized spacial score (nSPS) is 27.3. The SMILES string of the molecule is CC(=O)N[C@@H]1/C(=N\OC(=O)Nc2ccccc2)O[C@@H](CO)[C@H](O)[C@@H]1O. The van der Waals surface area contributed by atoms with Gasteiger partial charge in [-0.1, -0.05) is 18.2 Å². The molecule has 10 heteroatoms. The van der Waals surface area contributed by atoms with Gasteiger partial charge in [-0.15, -0.1) is 0 Å². The second-order valence-electron chi connectivity index (χ2n) is 5.30. The van der Waals surface area contributed by atoms with Crippen molar-refractivity contribution in [2.75, 3.05) is 11.9 Å². The second-order valence-corrected chi connectivity index (χ2v) is 5.30. The van der Waals surface area contributed by atoms with Gasteiger partial charge < -0.3 is 25.4 Å². The van der Waals surface area contributed by atoms with E-state index in [0.717, 1.165) is 0 Å². The molecule has 2 rings (SSSR count). The van der Waals surface area contributed by atoms with E-state index in [0.29, 0.717) is 5.69 Å². The fourth-order valence-corrected chi connectivity index (χ4v) is 2.20. The first-order valence-electron chi connectivity index (χ1n) is 7.44. The first-order chi connectivity index (χ1) is 11.9. The van der Waals surface area contributed by atoms with E-state index in [2.05, 4.69) is 20.6 Å². The van der Waals surface area contributed by atoms with Gasteiger partial charge in [-0.3, -0.25) is 14.9 Å². The highest BCUT2D eigenvalue weighted by Gasteiger charge is 2.44. The largest absolute Gasteiger partial charge is 0.468 e. The third kappa shape index (κ3) is 4.89. The number of oxime groups is 1. The molecule has 2 amide bonds. The topological polar surface area (TPSA) is 150 Å². The van der Waals surface area contributed by atoms with Gasteiger partial charge in [-0.25, -0.2) is 4.79 Å². The first kappa shape index (κ1) is 18.6. The Morgan fingerprint density at radius 1 is 1.24 bits per heavy atom. The van der Waals surface area contributed by atoms with Crippen molar-refractivity contribution in [3.63, 3.8) is 0 Å². The van der Waals surface area contributed by atoms with Crippen LogP contribution in [0.3, 0.4) is 0 Å². The molecule has 1 fully saturated rings. The number of para-hydroxylation sites is 1. The number of benzene rings is 1. The molecule has 0 radical (unpaired) electrons. The smallest absolute Gasteiger partial charge is 0.437 e. The molecule has 1 aliphatic rings. The maximum Gasteiger partial charge on any atom is 0.437 e. The molecule has 4 atom stereocenters. The monoisotopic (exact) mass is 353 g/mol. The molecule has 25 heavy (non-hydrogen) atoms. The summed E-state index contributed by atoms with van der Waals surface area (Å²) >= 11 is 0. The lowest BCUT2D eigenvalue weighted by Gasteiger charge is -2.37. The van der Waals surface area contributed by atoms with Crippen LogP contribution in [0.4, 0.5) is 10.5 Å². The zero-order chi connectivity index (χ0) is 18.4. The fraction of sp³-hybridized carbons (Fsp3) is 0.400. The van der Waals surface area contributed by atoms with Crippen LogP contribution in [-0.4, -0.2) is 64.2 Å². The third-order valence-electron chi connectivity index (χ3n) is 3.39. The Balaban J connectivity index is 2.09. The quantitative estimate of drug-likeness (QED) is 0.350. The maximum absolute atomic E-state index is 11.7. The van der Waals surface area contributed by atoms with Crippen LogP contribution in [0.1, 0.15) is 6.92 Å². The Morgan fingerprint density at radius 2 is 1.92 bits per heavy atom. The molecule has 0 unspecified atom stereocenters. The average Bonchev–Trinajstić information content (AvgIpc) is 2.59. The van der Waals surface area contributed by atoms with Crippen LogP contribution in [0.2, 0.25) is 0 Å². The molecular formula is C15H19N3O7. The minimum absolute atomic E-state index is 0.352. The van der Waals surface area contributed by atoms with Gasteiger partial charge in [0.05, 0.1) is 6.61 Å². The van der Waals surface area contributed by atoms with Crippen LogP contribution in [0.15, 0.2) is 35.5 Å². The number of rotatable bonds is 4. The molecule has 1 heterocycles. The van der Waals surface area contributed by atoms with Crippen LogP contribution in [0.25, 0.3) is 0 Å². The van der Waals surface area contributed by atoms with Crippen molar-refractivity contribution in [1.29, 1.82) is 0 Å². The summed E-state index contributed by atoms with van der Waals surface area (Å²) in [6, 6.07) is 7.22. The number of aliphatic hydroxyl groups excluding tert-OH is 3. The highest BCUT2D eigenvalue weighted by molar-refractivity contribution is 5.89. The molecular weight excluding hydrogens is 334 g/mol. The van der Waals surface area contributed by atoms with Gasteiger partial charge in [-0.2, -0.15) is 0 Å². The van der Waals surface area contributed by atoms with E-state index in [1.165, 1.54) is 6.92 Å². The van der Waals surface area contributed by atoms with Crippen molar-refractivity contribution >= 4 is 23.6 Å². The van der Waals surface area contributed by atoms with E-state index in [1.807, 2.05) is 0 Å². The lowest BCUT2D eigenvalue weighted by molar-refractivity contribution is -0.126. The van der Waals surface area contributed by atoms with E-state index in [-0.39, 0.29) is 5.90 Å². The van der Waals surface area contributed by atoms with Gasteiger partial charge in [-0.05, 0) is 17.3 Å². The van der Waals surface area contributed by atoms with Crippen LogP contribution in [-0.2, 0) is 14.4 Å². The van der Waals surface area contributed by atoms with E-state index >= 15 is 0 Å². The number of nitrogens with zero attached hydrogens (tertiary/aromatic N) is 1. The summed E-state index contributed by atoms with van der Waals surface area (Å²) in [5.41, 5.74) is 0.472. The Morgan fingerprint density at radius 3 is 2.52 bits per heavy atom. The molecule has 0 aromatic heterocycles. The van der Waals surface area contributed by atoms with Gasteiger partial charge in [0.2, 0.25) is 5.91 Å². The van der Waals surface area contributed by atoms with Crippen molar-refractivity contribution in [2.45, 2.75) is 31.3 Å².